The van der Waals surface area contributed by atoms with Crippen LogP contribution < -0.4 is 5.73 Å². The van der Waals surface area contributed by atoms with Crippen LogP contribution in [0, 0.1) is 6.92 Å². The van der Waals surface area contributed by atoms with Gasteiger partial charge in [-0.25, -0.2) is 0 Å². The zero-order valence-electron chi connectivity index (χ0n) is 14.3. The van der Waals surface area contributed by atoms with Crippen molar-refractivity contribution >= 4 is 41.3 Å². The molecule has 2 heterocycles. The van der Waals surface area contributed by atoms with Crippen LogP contribution in [0.3, 0.4) is 0 Å². The van der Waals surface area contributed by atoms with Crippen molar-refractivity contribution in [3.8, 4) is 0 Å². The molecule has 1 aromatic heterocycles. The molecule has 1 aliphatic rings. The van der Waals surface area contributed by atoms with Crippen LogP contribution in [0.5, 0.6) is 0 Å². The summed E-state index contributed by atoms with van der Waals surface area (Å²) in [7, 11) is 0. The van der Waals surface area contributed by atoms with Crippen LogP contribution in [-0.4, -0.2) is 61.7 Å². The van der Waals surface area contributed by atoms with Crippen molar-refractivity contribution in [2.45, 2.75) is 26.8 Å². The van der Waals surface area contributed by atoms with Crippen LogP contribution in [0.1, 0.15) is 29.6 Å². The molecule has 0 spiro atoms. The molecule has 1 unspecified atom stereocenters. The van der Waals surface area contributed by atoms with Crippen molar-refractivity contribution < 1.29 is 4.74 Å². The van der Waals surface area contributed by atoms with E-state index in [0.29, 0.717) is 18.5 Å². The summed E-state index contributed by atoms with van der Waals surface area (Å²) in [4.78, 5) is 11.9. The summed E-state index contributed by atoms with van der Waals surface area (Å²) in [5, 5.41) is 0. The Hall–Kier alpha value is -0.380. The summed E-state index contributed by atoms with van der Waals surface area (Å²) >= 11 is 1.85. The molecule has 0 aromatic carbocycles. The van der Waals surface area contributed by atoms with Gasteiger partial charge < -0.3 is 15.4 Å². The standard InChI is InChI=1S/C16H28N4OS.HI/c1-4-19(5-2)16(17)18-12-14(15-7-6-13(3)22-15)20-8-10-21-11-9-20;/h6-7,14H,4-5,8-12H2,1-3H3,(H2,17,18);1H. The fourth-order valence-corrected chi connectivity index (χ4v) is 3.74. The van der Waals surface area contributed by atoms with E-state index in [2.05, 4.69) is 47.7 Å². The molecule has 0 aliphatic carbocycles. The Bertz CT molecular complexity index is 484. The summed E-state index contributed by atoms with van der Waals surface area (Å²) in [5.74, 6) is 0.650. The fraction of sp³-hybridized carbons (Fsp3) is 0.688. The Morgan fingerprint density at radius 1 is 1.35 bits per heavy atom. The third-order valence-corrected chi connectivity index (χ3v) is 5.19. The number of nitrogens with two attached hydrogens (primary N) is 1. The maximum absolute atomic E-state index is 6.14. The first-order valence-corrected chi connectivity index (χ1v) is 8.90. The first kappa shape index (κ1) is 20.7. The molecule has 1 aliphatic heterocycles. The van der Waals surface area contributed by atoms with Crippen molar-refractivity contribution in [2.24, 2.45) is 10.7 Å². The van der Waals surface area contributed by atoms with Gasteiger partial charge in [0.25, 0.3) is 0 Å². The Labute approximate surface area is 160 Å². The minimum atomic E-state index is 0. The van der Waals surface area contributed by atoms with Crippen LogP contribution >= 0.6 is 35.3 Å². The van der Waals surface area contributed by atoms with Crippen molar-refractivity contribution in [2.75, 3.05) is 45.9 Å². The zero-order chi connectivity index (χ0) is 15.9. The largest absolute Gasteiger partial charge is 0.379 e. The number of ether oxygens (including phenoxy) is 1. The molecule has 1 aromatic rings. The van der Waals surface area contributed by atoms with E-state index in [1.54, 1.807) is 0 Å². The van der Waals surface area contributed by atoms with Gasteiger partial charge in [0.1, 0.15) is 0 Å². The quantitative estimate of drug-likeness (QED) is 0.410. The van der Waals surface area contributed by atoms with E-state index in [-0.39, 0.29) is 24.0 Å². The van der Waals surface area contributed by atoms with Gasteiger partial charge in [0.2, 0.25) is 0 Å². The molecule has 23 heavy (non-hydrogen) atoms. The van der Waals surface area contributed by atoms with Gasteiger partial charge in [-0.15, -0.1) is 35.3 Å². The van der Waals surface area contributed by atoms with E-state index in [1.165, 1.54) is 9.75 Å². The van der Waals surface area contributed by atoms with E-state index in [1.807, 2.05) is 11.3 Å². The summed E-state index contributed by atoms with van der Waals surface area (Å²) < 4.78 is 5.48. The number of hydrogen-bond donors (Lipinski definition) is 1. The fourth-order valence-electron chi connectivity index (χ4n) is 2.73. The molecule has 5 nitrogen and oxygen atoms in total. The number of nitrogens with zero attached hydrogens (tertiary/aromatic N) is 3. The van der Waals surface area contributed by atoms with E-state index >= 15 is 0 Å². The van der Waals surface area contributed by atoms with Crippen LogP contribution in [0.2, 0.25) is 0 Å². The maximum Gasteiger partial charge on any atom is 0.191 e. The average molecular weight is 452 g/mol. The second-order valence-corrected chi connectivity index (χ2v) is 6.80. The van der Waals surface area contributed by atoms with Gasteiger partial charge in [-0.3, -0.25) is 9.89 Å². The third kappa shape index (κ3) is 5.88. The second kappa shape index (κ2) is 10.5. The van der Waals surface area contributed by atoms with Crippen molar-refractivity contribution in [3.05, 3.63) is 21.9 Å². The summed E-state index contributed by atoms with van der Waals surface area (Å²) in [6, 6.07) is 4.71. The van der Waals surface area contributed by atoms with Gasteiger partial charge in [0.15, 0.2) is 5.96 Å². The number of morpholine rings is 1. The van der Waals surface area contributed by atoms with Crippen molar-refractivity contribution in [1.82, 2.24) is 9.80 Å². The molecule has 0 amide bonds. The normalized spacial score (nSPS) is 17.6. The van der Waals surface area contributed by atoms with E-state index in [0.717, 1.165) is 39.4 Å². The van der Waals surface area contributed by atoms with Crippen LogP contribution in [0.15, 0.2) is 17.1 Å². The number of guanidine groups is 1. The highest BCUT2D eigenvalue weighted by Crippen LogP contribution is 2.28. The molecular formula is C16H29IN4OS. The molecule has 7 heteroatoms. The summed E-state index contributed by atoms with van der Waals surface area (Å²) in [5.41, 5.74) is 6.14. The Morgan fingerprint density at radius 2 is 2.00 bits per heavy atom. The van der Waals surface area contributed by atoms with Crippen LogP contribution in [0.25, 0.3) is 0 Å². The Kier molecular flexibility index (Phi) is 9.41. The number of hydrogen-bond acceptors (Lipinski definition) is 4. The molecule has 0 saturated carbocycles. The molecular weight excluding hydrogens is 423 g/mol. The monoisotopic (exact) mass is 452 g/mol. The van der Waals surface area contributed by atoms with Gasteiger partial charge in [0.05, 0.1) is 25.8 Å². The highest BCUT2D eigenvalue weighted by atomic mass is 127. The molecule has 1 saturated heterocycles. The van der Waals surface area contributed by atoms with Gasteiger partial charge in [0, 0.05) is 35.9 Å². The van der Waals surface area contributed by atoms with Gasteiger partial charge >= 0.3 is 0 Å². The number of aliphatic imine (C=N–C) groups is 1. The summed E-state index contributed by atoms with van der Waals surface area (Å²) in [6.07, 6.45) is 0. The Balaban J connectivity index is 0.00000264. The van der Waals surface area contributed by atoms with E-state index in [9.17, 15) is 0 Å². The number of rotatable bonds is 6. The predicted octanol–water partition coefficient (Wildman–Crippen LogP) is 2.70. The van der Waals surface area contributed by atoms with Gasteiger partial charge in [-0.2, -0.15) is 0 Å². The van der Waals surface area contributed by atoms with Crippen molar-refractivity contribution in [3.63, 3.8) is 0 Å². The molecule has 1 atom stereocenters. The second-order valence-electron chi connectivity index (χ2n) is 5.48. The number of aryl methyl sites for hydroxylation is 1. The first-order valence-electron chi connectivity index (χ1n) is 8.08. The minimum Gasteiger partial charge on any atom is -0.379 e. The lowest BCUT2D eigenvalue weighted by Gasteiger charge is -2.33. The minimum absolute atomic E-state index is 0. The highest BCUT2D eigenvalue weighted by molar-refractivity contribution is 14.0. The van der Waals surface area contributed by atoms with E-state index < -0.39 is 0 Å². The topological polar surface area (TPSA) is 54.1 Å². The lowest BCUT2D eigenvalue weighted by molar-refractivity contribution is 0.0186. The van der Waals surface area contributed by atoms with E-state index in [4.69, 9.17) is 10.5 Å². The first-order chi connectivity index (χ1) is 10.7. The van der Waals surface area contributed by atoms with Gasteiger partial charge in [-0.1, -0.05) is 0 Å². The molecule has 0 radical (unpaired) electrons. The third-order valence-electron chi connectivity index (χ3n) is 4.09. The lowest BCUT2D eigenvalue weighted by Crippen LogP contribution is -2.41. The molecule has 0 bridgehead atoms. The maximum atomic E-state index is 6.14. The van der Waals surface area contributed by atoms with Crippen molar-refractivity contribution in [1.29, 1.82) is 0 Å². The summed E-state index contributed by atoms with van der Waals surface area (Å²) in [6.45, 7) is 12.4. The smallest absolute Gasteiger partial charge is 0.191 e. The van der Waals surface area contributed by atoms with Crippen LogP contribution in [-0.2, 0) is 4.74 Å². The SMILES string of the molecule is CCN(CC)C(N)=NCC(c1ccc(C)s1)N1CCOCC1.I. The molecule has 2 rings (SSSR count). The number of halogens is 1. The predicted molar refractivity (Wildman–Crippen MR) is 109 cm³/mol. The Morgan fingerprint density at radius 3 is 2.52 bits per heavy atom. The molecule has 2 N–H and O–H groups in total. The lowest BCUT2D eigenvalue weighted by atomic mass is 10.2. The molecule has 1 fully saturated rings. The van der Waals surface area contributed by atoms with Gasteiger partial charge in [-0.05, 0) is 32.9 Å². The zero-order valence-corrected chi connectivity index (χ0v) is 17.5. The molecule has 132 valence electrons. The average Bonchev–Trinajstić information content (AvgIpc) is 2.96. The number of thiophene rings is 1. The highest BCUT2D eigenvalue weighted by Gasteiger charge is 2.23. The van der Waals surface area contributed by atoms with Crippen LogP contribution in [0.4, 0.5) is 0 Å².